The molecule has 12 heavy (non-hydrogen) atoms. The minimum absolute atomic E-state index is 0.551. The molecule has 1 atom stereocenters. The first-order chi connectivity index (χ1) is 5.55. The zero-order valence-corrected chi connectivity index (χ0v) is 7.97. The Bertz CT molecular complexity index is 343. The highest BCUT2D eigenvalue weighted by Gasteiger charge is 2.10. The van der Waals surface area contributed by atoms with Crippen LogP contribution in [0.4, 0.5) is 0 Å². The van der Waals surface area contributed by atoms with Gasteiger partial charge >= 0.3 is 0 Å². The lowest BCUT2D eigenvalue weighted by Gasteiger charge is -2.13. The maximum absolute atomic E-state index is 11.7. The number of rotatable bonds is 2. The zero-order chi connectivity index (χ0) is 9.19. The molecule has 0 saturated heterocycles. The van der Waals surface area contributed by atoms with Crippen LogP contribution >= 0.6 is 0 Å². The zero-order valence-electron chi connectivity index (χ0n) is 7.15. The number of hydrogen-bond acceptors (Lipinski definition) is 2. The molecule has 0 aromatic heterocycles. The van der Waals surface area contributed by atoms with Gasteiger partial charge in [-0.15, -0.1) is 0 Å². The average molecular weight is 184 g/mol. The van der Waals surface area contributed by atoms with E-state index in [2.05, 4.69) is 0 Å². The topological polar surface area (TPSA) is 44.2 Å². The maximum atomic E-state index is 11.7. The van der Waals surface area contributed by atoms with Crippen molar-refractivity contribution in [2.75, 3.05) is 14.1 Å². The van der Waals surface area contributed by atoms with Crippen LogP contribution in [0.3, 0.4) is 0 Å². The van der Waals surface area contributed by atoms with Crippen LogP contribution in [0.1, 0.15) is 0 Å². The van der Waals surface area contributed by atoms with E-state index in [1.165, 1.54) is 4.31 Å². The lowest BCUT2D eigenvalue weighted by Crippen LogP contribution is -2.20. The maximum Gasteiger partial charge on any atom is 0.136 e. The normalized spacial score (nSPS) is 15.9. The lowest BCUT2D eigenvalue weighted by atomic mass is 10.4. The highest BCUT2D eigenvalue weighted by atomic mass is 32.2. The predicted octanol–water partition coefficient (Wildman–Crippen LogP) is 1.57. The van der Waals surface area contributed by atoms with Crippen molar-refractivity contribution in [1.29, 1.82) is 4.78 Å². The Hall–Kier alpha value is -0.870. The summed E-state index contributed by atoms with van der Waals surface area (Å²) in [4.78, 5) is 0.551. The number of benzene rings is 1. The highest BCUT2D eigenvalue weighted by Crippen LogP contribution is 2.11. The molecule has 0 amide bonds. The van der Waals surface area contributed by atoms with E-state index in [1.807, 2.05) is 6.07 Å². The van der Waals surface area contributed by atoms with E-state index in [4.69, 9.17) is 4.78 Å². The van der Waals surface area contributed by atoms with E-state index in [0.717, 1.165) is 0 Å². The van der Waals surface area contributed by atoms with E-state index in [9.17, 15) is 4.21 Å². The Morgan fingerprint density at radius 2 is 1.75 bits per heavy atom. The fourth-order valence-electron chi connectivity index (χ4n) is 0.816. The molecule has 0 radical (unpaired) electrons. The first-order valence-electron chi connectivity index (χ1n) is 3.56. The van der Waals surface area contributed by atoms with Crippen LogP contribution in [-0.4, -0.2) is 22.6 Å². The van der Waals surface area contributed by atoms with Crippen molar-refractivity contribution in [2.24, 2.45) is 0 Å². The van der Waals surface area contributed by atoms with Crippen LogP contribution in [-0.2, 0) is 9.92 Å². The second kappa shape index (κ2) is 3.25. The second-order valence-corrected chi connectivity index (χ2v) is 4.90. The van der Waals surface area contributed by atoms with Gasteiger partial charge in [0.2, 0.25) is 0 Å². The van der Waals surface area contributed by atoms with Crippen LogP contribution in [0, 0.1) is 4.78 Å². The summed E-state index contributed by atoms with van der Waals surface area (Å²) in [6.45, 7) is 0. The molecule has 1 aromatic rings. The van der Waals surface area contributed by atoms with Crippen molar-refractivity contribution in [1.82, 2.24) is 4.31 Å². The Morgan fingerprint density at radius 3 is 2.17 bits per heavy atom. The molecule has 1 N–H and O–H groups in total. The summed E-state index contributed by atoms with van der Waals surface area (Å²) in [5, 5.41) is 0. The molecule has 66 valence electrons. The van der Waals surface area contributed by atoms with E-state index in [-0.39, 0.29) is 0 Å². The summed E-state index contributed by atoms with van der Waals surface area (Å²) < 4.78 is 20.7. The van der Waals surface area contributed by atoms with E-state index in [1.54, 1.807) is 38.4 Å². The molecular weight excluding hydrogens is 172 g/mol. The second-order valence-electron chi connectivity index (χ2n) is 2.65. The van der Waals surface area contributed by atoms with Gasteiger partial charge in [0.1, 0.15) is 9.92 Å². The fourth-order valence-corrected chi connectivity index (χ4v) is 1.76. The SMILES string of the molecule is CN(C)S(=N)(=O)c1ccccc1. The van der Waals surface area contributed by atoms with Crippen molar-refractivity contribution < 1.29 is 4.21 Å². The average Bonchev–Trinajstić information content (AvgIpc) is 2.06. The molecule has 0 saturated carbocycles. The highest BCUT2D eigenvalue weighted by molar-refractivity contribution is 7.90. The van der Waals surface area contributed by atoms with Crippen LogP contribution in [0.2, 0.25) is 0 Å². The van der Waals surface area contributed by atoms with Crippen LogP contribution in [0.25, 0.3) is 0 Å². The van der Waals surface area contributed by atoms with Gasteiger partial charge in [-0.05, 0) is 12.1 Å². The molecule has 0 aliphatic heterocycles. The van der Waals surface area contributed by atoms with Gasteiger partial charge in [0.25, 0.3) is 0 Å². The minimum atomic E-state index is -2.74. The molecule has 0 spiro atoms. The standard InChI is InChI=1S/C8H12N2OS/c1-10(2)12(9,11)8-6-4-3-5-7-8/h3-7,9H,1-2H3. The summed E-state index contributed by atoms with van der Waals surface area (Å²) in [5.41, 5.74) is 0. The first-order valence-corrected chi connectivity index (χ1v) is 5.08. The first kappa shape index (κ1) is 9.22. The molecule has 1 rings (SSSR count). The summed E-state index contributed by atoms with van der Waals surface area (Å²) in [5.74, 6) is 0. The largest absolute Gasteiger partial charge is 0.236 e. The fraction of sp³-hybridized carbons (Fsp3) is 0.250. The van der Waals surface area contributed by atoms with Gasteiger partial charge < -0.3 is 0 Å². The monoisotopic (exact) mass is 184 g/mol. The summed E-state index contributed by atoms with van der Waals surface area (Å²) in [6.07, 6.45) is 0. The van der Waals surface area contributed by atoms with Crippen molar-refractivity contribution in [3.63, 3.8) is 0 Å². The number of nitrogens with one attached hydrogen (secondary N) is 1. The summed E-state index contributed by atoms with van der Waals surface area (Å²) in [7, 11) is 0.539. The Labute approximate surface area is 73.1 Å². The lowest BCUT2D eigenvalue weighted by molar-refractivity contribution is 0.589. The molecule has 1 aromatic carbocycles. The minimum Gasteiger partial charge on any atom is -0.236 e. The van der Waals surface area contributed by atoms with Gasteiger partial charge in [0, 0.05) is 14.1 Å². The number of hydrogen-bond donors (Lipinski definition) is 1. The molecule has 3 nitrogen and oxygen atoms in total. The van der Waals surface area contributed by atoms with Crippen LogP contribution in [0.15, 0.2) is 35.2 Å². The Balaban J connectivity index is 3.17. The third-order valence-corrected chi connectivity index (χ3v) is 3.52. The molecular formula is C8H12N2OS. The third-order valence-electron chi connectivity index (χ3n) is 1.58. The van der Waals surface area contributed by atoms with Crippen molar-refractivity contribution >= 4 is 9.92 Å². The van der Waals surface area contributed by atoms with Crippen LogP contribution in [0.5, 0.6) is 0 Å². The van der Waals surface area contributed by atoms with Gasteiger partial charge in [-0.25, -0.2) is 13.3 Å². The van der Waals surface area contributed by atoms with Crippen molar-refractivity contribution in [3.8, 4) is 0 Å². The van der Waals surface area contributed by atoms with Gasteiger partial charge in [0.15, 0.2) is 0 Å². The molecule has 0 fully saturated rings. The van der Waals surface area contributed by atoms with Gasteiger partial charge in [-0.2, -0.15) is 0 Å². The van der Waals surface area contributed by atoms with Gasteiger partial charge in [-0.1, -0.05) is 18.2 Å². The van der Waals surface area contributed by atoms with Crippen LogP contribution < -0.4 is 0 Å². The van der Waals surface area contributed by atoms with Gasteiger partial charge in [0.05, 0.1) is 4.90 Å². The van der Waals surface area contributed by atoms with Crippen molar-refractivity contribution in [2.45, 2.75) is 4.90 Å². The quantitative estimate of drug-likeness (QED) is 0.745. The molecule has 0 aliphatic rings. The summed E-state index contributed by atoms with van der Waals surface area (Å²) in [6, 6.07) is 8.82. The van der Waals surface area contributed by atoms with Gasteiger partial charge in [-0.3, -0.25) is 0 Å². The molecule has 0 aliphatic carbocycles. The van der Waals surface area contributed by atoms with E-state index < -0.39 is 9.92 Å². The van der Waals surface area contributed by atoms with Crippen molar-refractivity contribution in [3.05, 3.63) is 30.3 Å². The smallest absolute Gasteiger partial charge is 0.136 e. The third kappa shape index (κ3) is 1.65. The molecule has 1 unspecified atom stereocenters. The number of nitrogens with zero attached hydrogens (tertiary/aromatic N) is 1. The van der Waals surface area contributed by atoms with E-state index in [0.29, 0.717) is 4.90 Å². The predicted molar refractivity (Wildman–Crippen MR) is 49.3 cm³/mol. The molecule has 0 heterocycles. The molecule has 4 heteroatoms. The summed E-state index contributed by atoms with van der Waals surface area (Å²) >= 11 is 0. The van der Waals surface area contributed by atoms with E-state index >= 15 is 0 Å². The Morgan fingerprint density at radius 1 is 1.25 bits per heavy atom. The molecule has 0 bridgehead atoms. The Kier molecular flexibility index (Phi) is 2.49.